The molecule has 0 aromatic heterocycles. The minimum Gasteiger partial charge on any atom is -0.312 e. The van der Waals surface area contributed by atoms with Crippen LogP contribution in [0.3, 0.4) is 0 Å². The second kappa shape index (κ2) is 7.40. The van der Waals surface area contributed by atoms with Gasteiger partial charge in [0.1, 0.15) is 0 Å². The van der Waals surface area contributed by atoms with Crippen molar-refractivity contribution < 1.29 is 17.4 Å². The number of alkyl halides is 3. The summed E-state index contributed by atoms with van der Waals surface area (Å²) in [5, 5.41) is 2.97. The minimum atomic E-state index is -4.36. The molecule has 3 unspecified atom stereocenters. The SMILES string of the molecule is CNC(CS(=O)C(C)C(C)C)c1cccc(C(F)(F)F)c1. The lowest BCUT2D eigenvalue weighted by atomic mass is 10.1. The van der Waals surface area contributed by atoms with E-state index in [4.69, 9.17) is 0 Å². The monoisotopic (exact) mass is 321 g/mol. The van der Waals surface area contributed by atoms with Gasteiger partial charge in [-0.2, -0.15) is 13.2 Å². The van der Waals surface area contributed by atoms with Gasteiger partial charge in [0, 0.05) is 27.8 Å². The molecule has 2 nitrogen and oxygen atoms in total. The summed E-state index contributed by atoms with van der Waals surface area (Å²) in [6.45, 7) is 5.88. The van der Waals surface area contributed by atoms with E-state index in [0.29, 0.717) is 11.3 Å². The molecule has 1 rings (SSSR count). The molecule has 0 fully saturated rings. The minimum absolute atomic E-state index is 0.00616. The number of halogens is 3. The van der Waals surface area contributed by atoms with E-state index in [2.05, 4.69) is 5.32 Å². The zero-order valence-electron chi connectivity index (χ0n) is 12.7. The summed E-state index contributed by atoms with van der Waals surface area (Å²) in [7, 11) is 0.572. The van der Waals surface area contributed by atoms with Crippen LogP contribution in [-0.2, 0) is 17.0 Å². The van der Waals surface area contributed by atoms with Gasteiger partial charge in [0.2, 0.25) is 0 Å². The van der Waals surface area contributed by atoms with E-state index >= 15 is 0 Å². The van der Waals surface area contributed by atoms with E-state index in [1.54, 1.807) is 13.1 Å². The van der Waals surface area contributed by atoms with Crippen LogP contribution in [0.5, 0.6) is 0 Å². The van der Waals surface area contributed by atoms with Crippen molar-refractivity contribution in [2.75, 3.05) is 12.8 Å². The molecule has 0 aliphatic heterocycles. The van der Waals surface area contributed by atoms with Crippen LogP contribution in [-0.4, -0.2) is 22.3 Å². The molecule has 21 heavy (non-hydrogen) atoms. The molecular formula is C15H22F3NOS. The predicted octanol–water partition coefficient (Wildman–Crippen LogP) is 3.76. The fourth-order valence-electron chi connectivity index (χ4n) is 1.90. The highest BCUT2D eigenvalue weighted by Gasteiger charge is 2.31. The number of rotatable bonds is 6. The van der Waals surface area contributed by atoms with Crippen molar-refractivity contribution in [3.63, 3.8) is 0 Å². The first kappa shape index (κ1) is 18.2. The highest BCUT2D eigenvalue weighted by atomic mass is 32.2. The van der Waals surface area contributed by atoms with Crippen LogP contribution in [0.25, 0.3) is 0 Å². The Labute approximate surface area is 126 Å². The van der Waals surface area contributed by atoms with Gasteiger partial charge in [-0.05, 0) is 30.7 Å². The van der Waals surface area contributed by atoms with Gasteiger partial charge < -0.3 is 5.32 Å². The maximum Gasteiger partial charge on any atom is 0.416 e. The molecule has 0 radical (unpaired) electrons. The van der Waals surface area contributed by atoms with Crippen molar-refractivity contribution in [2.45, 2.75) is 38.2 Å². The lowest BCUT2D eigenvalue weighted by molar-refractivity contribution is -0.137. The van der Waals surface area contributed by atoms with Crippen molar-refractivity contribution in [1.29, 1.82) is 0 Å². The Morgan fingerprint density at radius 3 is 2.33 bits per heavy atom. The second-order valence-electron chi connectivity index (χ2n) is 5.46. The summed E-state index contributed by atoms with van der Waals surface area (Å²) in [4.78, 5) is 0. The van der Waals surface area contributed by atoms with Gasteiger partial charge >= 0.3 is 6.18 Å². The molecular weight excluding hydrogens is 299 g/mol. The van der Waals surface area contributed by atoms with E-state index in [1.807, 2.05) is 20.8 Å². The molecule has 3 atom stereocenters. The molecule has 0 aliphatic carbocycles. The van der Waals surface area contributed by atoms with Crippen molar-refractivity contribution in [2.24, 2.45) is 5.92 Å². The molecule has 1 aromatic rings. The normalized spacial score (nSPS) is 16.8. The molecule has 0 aliphatic rings. The molecule has 0 heterocycles. The van der Waals surface area contributed by atoms with Crippen molar-refractivity contribution in [3.8, 4) is 0 Å². The molecule has 1 aromatic carbocycles. The summed E-state index contributed by atoms with van der Waals surface area (Å²) >= 11 is 0. The highest BCUT2D eigenvalue weighted by Crippen LogP contribution is 2.31. The smallest absolute Gasteiger partial charge is 0.312 e. The van der Waals surface area contributed by atoms with E-state index in [1.165, 1.54) is 6.07 Å². The molecule has 120 valence electrons. The van der Waals surface area contributed by atoms with Crippen LogP contribution in [0.1, 0.15) is 37.9 Å². The second-order valence-corrected chi connectivity index (χ2v) is 7.30. The first-order chi connectivity index (χ1) is 9.66. The van der Waals surface area contributed by atoms with Gasteiger partial charge in [0.15, 0.2) is 0 Å². The van der Waals surface area contributed by atoms with E-state index < -0.39 is 22.5 Å². The Morgan fingerprint density at radius 2 is 1.86 bits per heavy atom. The van der Waals surface area contributed by atoms with Crippen LogP contribution in [0.4, 0.5) is 13.2 Å². The van der Waals surface area contributed by atoms with Gasteiger partial charge in [-0.3, -0.25) is 4.21 Å². The van der Waals surface area contributed by atoms with Crippen LogP contribution < -0.4 is 5.32 Å². The first-order valence-electron chi connectivity index (χ1n) is 6.88. The lowest BCUT2D eigenvalue weighted by Gasteiger charge is -2.21. The zero-order chi connectivity index (χ0) is 16.2. The Kier molecular flexibility index (Phi) is 6.41. The van der Waals surface area contributed by atoms with E-state index in [9.17, 15) is 17.4 Å². The molecule has 6 heteroatoms. The quantitative estimate of drug-likeness (QED) is 0.864. The van der Waals surface area contributed by atoms with E-state index in [-0.39, 0.29) is 17.2 Å². The number of hydrogen-bond donors (Lipinski definition) is 1. The summed E-state index contributed by atoms with van der Waals surface area (Å²) in [6, 6.07) is 4.84. The number of nitrogens with one attached hydrogen (secondary N) is 1. The predicted molar refractivity (Wildman–Crippen MR) is 80.6 cm³/mol. The Balaban J connectivity index is 2.93. The molecule has 0 saturated heterocycles. The maximum absolute atomic E-state index is 12.8. The van der Waals surface area contributed by atoms with Gasteiger partial charge in [0.05, 0.1) is 5.56 Å². The standard InChI is InChI=1S/C15H22F3NOS/c1-10(2)11(3)21(20)9-14(19-4)12-6-5-7-13(8-12)15(16,17)18/h5-8,10-11,14,19H,9H2,1-4H3. The number of hydrogen-bond acceptors (Lipinski definition) is 2. The highest BCUT2D eigenvalue weighted by molar-refractivity contribution is 7.85. The van der Waals surface area contributed by atoms with Crippen LogP contribution in [0, 0.1) is 5.92 Å². The third-order valence-corrected chi connectivity index (χ3v) is 5.68. The first-order valence-corrected chi connectivity index (χ1v) is 8.26. The fourth-order valence-corrected chi connectivity index (χ4v) is 3.50. The number of benzene rings is 1. The third kappa shape index (κ3) is 5.11. The molecule has 0 amide bonds. The van der Waals surface area contributed by atoms with Crippen molar-refractivity contribution in [3.05, 3.63) is 35.4 Å². The summed E-state index contributed by atoms with van der Waals surface area (Å²) in [6.07, 6.45) is -4.36. The molecule has 0 saturated carbocycles. The summed E-state index contributed by atoms with van der Waals surface area (Å²) < 4.78 is 50.5. The van der Waals surface area contributed by atoms with Crippen LogP contribution in [0.2, 0.25) is 0 Å². The zero-order valence-corrected chi connectivity index (χ0v) is 13.5. The molecule has 0 bridgehead atoms. The lowest BCUT2D eigenvalue weighted by Crippen LogP contribution is -2.28. The average Bonchev–Trinajstić information content (AvgIpc) is 2.42. The van der Waals surface area contributed by atoms with E-state index in [0.717, 1.165) is 12.1 Å². The Hall–Kier alpha value is -0.880. The van der Waals surface area contributed by atoms with Crippen molar-refractivity contribution in [1.82, 2.24) is 5.32 Å². The topological polar surface area (TPSA) is 29.1 Å². The fraction of sp³-hybridized carbons (Fsp3) is 0.600. The maximum atomic E-state index is 12.8. The van der Waals surface area contributed by atoms with Crippen LogP contribution in [0.15, 0.2) is 24.3 Å². The largest absolute Gasteiger partial charge is 0.416 e. The average molecular weight is 321 g/mol. The Morgan fingerprint density at radius 1 is 1.24 bits per heavy atom. The molecule has 1 N–H and O–H groups in total. The third-order valence-electron chi connectivity index (χ3n) is 3.65. The van der Waals surface area contributed by atoms with Crippen molar-refractivity contribution >= 4 is 10.8 Å². The van der Waals surface area contributed by atoms with Gasteiger partial charge in [-0.25, -0.2) is 0 Å². The summed E-state index contributed by atoms with van der Waals surface area (Å²) in [5.41, 5.74) is -0.167. The van der Waals surface area contributed by atoms with Gasteiger partial charge in [-0.15, -0.1) is 0 Å². The van der Waals surface area contributed by atoms with Gasteiger partial charge in [-0.1, -0.05) is 32.9 Å². The molecule has 0 spiro atoms. The van der Waals surface area contributed by atoms with Gasteiger partial charge in [0.25, 0.3) is 0 Å². The summed E-state index contributed by atoms with van der Waals surface area (Å²) in [5.74, 6) is 0.571. The Bertz CT molecular complexity index is 488. The van der Waals surface area contributed by atoms with Crippen LogP contribution >= 0.6 is 0 Å².